The molecule has 6 heteroatoms. The van der Waals surface area contributed by atoms with E-state index in [2.05, 4.69) is 20.6 Å². The minimum Gasteiger partial charge on any atom is -0.338 e. The number of aryl methyl sites for hydroxylation is 1. The molecule has 0 aliphatic carbocycles. The lowest BCUT2D eigenvalue weighted by molar-refractivity contribution is 0.364. The second-order valence-electron chi connectivity index (χ2n) is 4.04. The van der Waals surface area contributed by atoms with Crippen LogP contribution in [-0.2, 0) is 13.1 Å². The van der Waals surface area contributed by atoms with Crippen LogP contribution in [0.25, 0.3) is 5.52 Å². The molecule has 0 aromatic carbocycles. The Kier molecular flexibility index (Phi) is 2.77. The SMILES string of the molecule is Cc1noc(CNCc2cnn3ccccc23)n1. The molecule has 3 rings (SSSR count). The first kappa shape index (κ1) is 10.9. The van der Waals surface area contributed by atoms with Crippen molar-refractivity contribution in [1.82, 2.24) is 25.1 Å². The highest BCUT2D eigenvalue weighted by molar-refractivity contribution is 5.53. The maximum atomic E-state index is 5.03. The van der Waals surface area contributed by atoms with Crippen molar-refractivity contribution < 1.29 is 4.52 Å². The van der Waals surface area contributed by atoms with Gasteiger partial charge in [-0.1, -0.05) is 11.2 Å². The predicted molar refractivity (Wildman–Crippen MR) is 64.8 cm³/mol. The Morgan fingerprint density at radius 1 is 1.33 bits per heavy atom. The van der Waals surface area contributed by atoms with Gasteiger partial charge in [-0.15, -0.1) is 0 Å². The second kappa shape index (κ2) is 4.58. The summed E-state index contributed by atoms with van der Waals surface area (Å²) in [4.78, 5) is 4.13. The van der Waals surface area contributed by atoms with E-state index in [1.54, 1.807) is 6.92 Å². The van der Waals surface area contributed by atoms with Crippen LogP contribution in [0.3, 0.4) is 0 Å². The van der Waals surface area contributed by atoms with E-state index in [0.717, 1.165) is 17.6 Å². The van der Waals surface area contributed by atoms with E-state index in [1.165, 1.54) is 0 Å². The molecule has 92 valence electrons. The van der Waals surface area contributed by atoms with Crippen LogP contribution >= 0.6 is 0 Å². The Labute approximate surface area is 104 Å². The third-order valence-corrected chi connectivity index (χ3v) is 2.67. The third kappa shape index (κ3) is 2.10. The zero-order valence-corrected chi connectivity index (χ0v) is 10.00. The van der Waals surface area contributed by atoms with E-state index in [-0.39, 0.29) is 0 Å². The van der Waals surface area contributed by atoms with Crippen LogP contribution in [0, 0.1) is 6.92 Å². The Morgan fingerprint density at radius 3 is 3.11 bits per heavy atom. The number of nitrogens with zero attached hydrogens (tertiary/aromatic N) is 4. The van der Waals surface area contributed by atoms with Crippen LogP contribution < -0.4 is 5.32 Å². The Morgan fingerprint density at radius 2 is 2.28 bits per heavy atom. The van der Waals surface area contributed by atoms with Crippen molar-refractivity contribution in [2.45, 2.75) is 20.0 Å². The zero-order valence-electron chi connectivity index (χ0n) is 10.00. The fourth-order valence-corrected chi connectivity index (χ4v) is 1.84. The predicted octanol–water partition coefficient (Wildman–Crippen LogP) is 1.32. The van der Waals surface area contributed by atoms with Crippen LogP contribution in [0.2, 0.25) is 0 Å². The summed E-state index contributed by atoms with van der Waals surface area (Å²) in [6, 6.07) is 6.00. The number of rotatable bonds is 4. The number of hydrogen-bond donors (Lipinski definition) is 1. The highest BCUT2D eigenvalue weighted by Gasteiger charge is 2.05. The summed E-state index contributed by atoms with van der Waals surface area (Å²) in [5.41, 5.74) is 2.25. The number of aromatic nitrogens is 4. The van der Waals surface area contributed by atoms with E-state index in [0.29, 0.717) is 18.3 Å². The normalized spacial score (nSPS) is 11.2. The monoisotopic (exact) mass is 243 g/mol. The van der Waals surface area contributed by atoms with Gasteiger partial charge in [0, 0.05) is 18.3 Å². The summed E-state index contributed by atoms with van der Waals surface area (Å²) in [5, 5.41) is 11.3. The standard InChI is InChI=1S/C12H13N5O/c1-9-15-12(18-16-9)8-13-6-10-7-14-17-5-3-2-4-11(10)17/h2-5,7,13H,6,8H2,1H3. The van der Waals surface area contributed by atoms with Crippen molar-refractivity contribution in [3.05, 3.63) is 47.9 Å². The summed E-state index contributed by atoms with van der Waals surface area (Å²) in [6.07, 6.45) is 3.79. The van der Waals surface area contributed by atoms with Gasteiger partial charge in [-0.3, -0.25) is 0 Å². The smallest absolute Gasteiger partial charge is 0.240 e. The van der Waals surface area contributed by atoms with Gasteiger partial charge in [0.05, 0.1) is 18.3 Å². The topological polar surface area (TPSA) is 68.2 Å². The molecule has 0 unspecified atom stereocenters. The van der Waals surface area contributed by atoms with Crippen LogP contribution in [0.5, 0.6) is 0 Å². The van der Waals surface area contributed by atoms with Crippen molar-refractivity contribution in [3.8, 4) is 0 Å². The minimum absolute atomic E-state index is 0.561. The Bertz CT molecular complexity index is 657. The number of fused-ring (bicyclic) bond motifs is 1. The summed E-state index contributed by atoms with van der Waals surface area (Å²) >= 11 is 0. The van der Waals surface area contributed by atoms with Crippen molar-refractivity contribution >= 4 is 5.52 Å². The summed E-state index contributed by atoms with van der Waals surface area (Å²) in [6.45, 7) is 3.08. The van der Waals surface area contributed by atoms with Gasteiger partial charge in [-0.2, -0.15) is 10.1 Å². The molecule has 3 aromatic heterocycles. The Balaban J connectivity index is 1.66. The molecule has 0 bridgehead atoms. The maximum absolute atomic E-state index is 5.03. The molecule has 1 N–H and O–H groups in total. The lowest BCUT2D eigenvalue weighted by atomic mass is 10.2. The van der Waals surface area contributed by atoms with Crippen LogP contribution in [0.15, 0.2) is 35.1 Å². The molecular weight excluding hydrogens is 230 g/mol. The molecule has 0 aliphatic rings. The minimum atomic E-state index is 0.561. The van der Waals surface area contributed by atoms with Gasteiger partial charge >= 0.3 is 0 Å². The van der Waals surface area contributed by atoms with Crippen molar-refractivity contribution in [2.24, 2.45) is 0 Å². The Hall–Kier alpha value is -2.21. The van der Waals surface area contributed by atoms with Crippen molar-refractivity contribution in [3.63, 3.8) is 0 Å². The average Bonchev–Trinajstić information content (AvgIpc) is 2.97. The van der Waals surface area contributed by atoms with E-state index < -0.39 is 0 Å². The van der Waals surface area contributed by atoms with E-state index in [1.807, 2.05) is 35.1 Å². The van der Waals surface area contributed by atoms with Crippen LogP contribution in [0.4, 0.5) is 0 Å². The summed E-state index contributed by atoms with van der Waals surface area (Å²) < 4.78 is 6.88. The van der Waals surface area contributed by atoms with Gasteiger partial charge in [0.25, 0.3) is 0 Å². The first-order valence-corrected chi connectivity index (χ1v) is 5.74. The average molecular weight is 243 g/mol. The molecule has 3 heterocycles. The van der Waals surface area contributed by atoms with Crippen molar-refractivity contribution in [2.75, 3.05) is 0 Å². The molecule has 0 saturated carbocycles. The molecule has 0 amide bonds. The fraction of sp³-hybridized carbons (Fsp3) is 0.250. The lowest BCUT2D eigenvalue weighted by Gasteiger charge is -1.99. The van der Waals surface area contributed by atoms with Crippen LogP contribution in [-0.4, -0.2) is 19.8 Å². The largest absolute Gasteiger partial charge is 0.338 e. The second-order valence-corrected chi connectivity index (χ2v) is 4.04. The molecule has 0 saturated heterocycles. The van der Waals surface area contributed by atoms with Crippen LogP contribution in [0.1, 0.15) is 17.3 Å². The van der Waals surface area contributed by atoms with Gasteiger partial charge in [0.2, 0.25) is 5.89 Å². The third-order valence-electron chi connectivity index (χ3n) is 2.67. The van der Waals surface area contributed by atoms with Gasteiger partial charge in [-0.05, 0) is 19.1 Å². The summed E-state index contributed by atoms with van der Waals surface area (Å²) in [7, 11) is 0. The van der Waals surface area contributed by atoms with E-state index >= 15 is 0 Å². The van der Waals surface area contributed by atoms with Gasteiger partial charge < -0.3 is 9.84 Å². The fourth-order valence-electron chi connectivity index (χ4n) is 1.84. The molecule has 0 aliphatic heterocycles. The molecule has 18 heavy (non-hydrogen) atoms. The highest BCUT2D eigenvalue weighted by atomic mass is 16.5. The maximum Gasteiger partial charge on any atom is 0.240 e. The molecule has 0 atom stereocenters. The zero-order chi connectivity index (χ0) is 12.4. The van der Waals surface area contributed by atoms with E-state index in [4.69, 9.17) is 4.52 Å². The van der Waals surface area contributed by atoms with Gasteiger partial charge in [0.1, 0.15) is 0 Å². The molecule has 6 nitrogen and oxygen atoms in total. The molecule has 0 radical (unpaired) electrons. The van der Waals surface area contributed by atoms with E-state index in [9.17, 15) is 0 Å². The molecule has 0 spiro atoms. The van der Waals surface area contributed by atoms with Gasteiger partial charge in [0.15, 0.2) is 5.82 Å². The molecular formula is C12H13N5O. The number of nitrogens with one attached hydrogen (secondary N) is 1. The first-order valence-electron chi connectivity index (χ1n) is 5.74. The first-order chi connectivity index (χ1) is 8.83. The van der Waals surface area contributed by atoms with Gasteiger partial charge in [-0.25, -0.2) is 4.52 Å². The quantitative estimate of drug-likeness (QED) is 0.748. The highest BCUT2D eigenvalue weighted by Crippen LogP contribution is 2.09. The molecule has 3 aromatic rings. The lowest BCUT2D eigenvalue weighted by Crippen LogP contribution is -2.12. The number of pyridine rings is 1. The van der Waals surface area contributed by atoms with Crippen molar-refractivity contribution in [1.29, 1.82) is 0 Å². The molecule has 0 fully saturated rings. The summed E-state index contributed by atoms with van der Waals surface area (Å²) in [5.74, 6) is 1.26. The number of hydrogen-bond acceptors (Lipinski definition) is 5.